The maximum absolute atomic E-state index is 9.02. The molecule has 74 valence electrons. The summed E-state index contributed by atoms with van der Waals surface area (Å²) in [6.07, 6.45) is 1.90. The first-order valence-corrected chi connectivity index (χ1v) is 4.54. The van der Waals surface area contributed by atoms with Gasteiger partial charge in [-0.15, -0.1) is 0 Å². The van der Waals surface area contributed by atoms with Gasteiger partial charge in [0.25, 0.3) is 0 Å². The van der Waals surface area contributed by atoms with E-state index in [4.69, 9.17) is 10.8 Å². The number of nitrogens with two attached hydrogens (primary N) is 1. The second-order valence-corrected chi connectivity index (χ2v) is 3.30. The largest absolute Gasteiger partial charge is 0.394 e. The van der Waals surface area contributed by atoms with Gasteiger partial charge >= 0.3 is 0 Å². The molecule has 3 N–H and O–H groups in total. The molecular formula is C10H13N3O. The van der Waals surface area contributed by atoms with Gasteiger partial charge in [-0.25, -0.2) is 4.98 Å². The van der Waals surface area contributed by atoms with E-state index < -0.39 is 0 Å². The van der Waals surface area contributed by atoms with Crippen LogP contribution in [0.5, 0.6) is 0 Å². The number of aromatic nitrogens is 2. The van der Waals surface area contributed by atoms with E-state index in [1.54, 1.807) is 0 Å². The summed E-state index contributed by atoms with van der Waals surface area (Å²) < 4.78 is 1.91. The number of imidazole rings is 1. The summed E-state index contributed by atoms with van der Waals surface area (Å²) >= 11 is 0. The molecule has 1 unspecified atom stereocenters. The van der Waals surface area contributed by atoms with Gasteiger partial charge in [0.1, 0.15) is 5.65 Å². The van der Waals surface area contributed by atoms with Crippen LogP contribution in [0.2, 0.25) is 0 Å². The van der Waals surface area contributed by atoms with Crippen LogP contribution in [0.25, 0.3) is 5.65 Å². The van der Waals surface area contributed by atoms with Crippen LogP contribution >= 0.6 is 0 Å². The third-order valence-electron chi connectivity index (χ3n) is 2.30. The Bertz CT molecular complexity index is 450. The fourth-order valence-electron chi connectivity index (χ4n) is 1.67. The topological polar surface area (TPSA) is 63.5 Å². The first-order chi connectivity index (χ1) is 6.74. The van der Waals surface area contributed by atoms with E-state index in [9.17, 15) is 0 Å². The van der Waals surface area contributed by atoms with Crippen LogP contribution in [0.15, 0.2) is 24.4 Å². The highest BCUT2D eigenvalue weighted by Gasteiger charge is 2.14. The number of nitrogens with zero attached hydrogens (tertiary/aromatic N) is 2. The molecule has 2 heterocycles. The molecule has 0 aliphatic rings. The van der Waals surface area contributed by atoms with Crippen LogP contribution in [-0.4, -0.2) is 21.1 Å². The summed E-state index contributed by atoms with van der Waals surface area (Å²) in [7, 11) is 0. The average Bonchev–Trinajstić information content (AvgIpc) is 2.53. The quantitative estimate of drug-likeness (QED) is 0.732. The van der Waals surface area contributed by atoms with Gasteiger partial charge in [0.2, 0.25) is 0 Å². The minimum Gasteiger partial charge on any atom is -0.394 e. The van der Waals surface area contributed by atoms with Crippen molar-refractivity contribution in [1.82, 2.24) is 9.38 Å². The zero-order chi connectivity index (χ0) is 10.1. The molecule has 0 bridgehead atoms. The fraction of sp³-hybridized carbons (Fsp3) is 0.300. The molecule has 2 aromatic rings. The minimum atomic E-state index is -0.368. The van der Waals surface area contributed by atoms with Crippen LogP contribution in [0.3, 0.4) is 0 Å². The van der Waals surface area contributed by atoms with E-state index in [0.29, 0.717) is 0 Å². The van der Waals surface area contributed by atoms with Crippen molar-refractivity contribution in [2.45, 2.75) is 13.0 Å². The Kier molecular flexibility index (Phi) is 2.23. The van der Waals surface area contributed by atoms with E-state index in [0.717, 1.165) is 17.0 Å². The van der Waals surface area contributed by atoms with Gasteiger partial charge in [0.15, 0.2) is 0 Å². The Morgan fingerprint density at radius 1 is 1.57 bits per heavy atom. The zero-order valence-electron chi connectivity index (χ0n) is 8.01. The molecule has 0 saturated heterocycles. The van der Waals surface area contributed by atoms with E-state index in [-0.39, 0.29) is 12.6 Å². The SMILES string of the molecule is Cc1nc2ccccn2c1C(N)CO. The molecule has 2 rings (SSSR count). The highest BCUT2D eigenvalue weighted by Crippen LogP contribution is 2.17. The van der Waals surface area contributed by atoms with Crippen LogP contribution in [-0.2, 0) is 0 Å². The number of aryl methyl sites for hydroxylation is 1. The molecule has 4 nitrogen and oxygen atoms in total. The van der Waals surface area contributed by atoms with Crippen molar-refractivity contribution in [2.24, 2.45) is 5.73 Å². The molecule has 0 fully saturated rings. The van der Waals surface area contributed by atoms with Gasteiger partial charge in [0, 0.05) is 6.20 Å². The summed E-state index contributed by atoms with van der Waals surface area (Å²) in [5, 5.41) is 9.02. The van der Waals surface area contributed by atoms with Crippen LogP contribution in [0.4, 0.5) is 0 Å². The molecule has 0 spiro atoms. The Morgan fingerprint density at radius 2 is 2.36 bits per heavy atom. The predicted molar refractivity (Wildman–Crippen MR) is 53.9 cm³/mol. The van der Waals surface area contributed by atoms with Crippen LogP contribution in [0, 0.1) is 6.92 Å². The second-order valence-electron chi connectivity index (χ2n) is 3.30. The highest BCUT2D eigenvalue weighted by molar-refractivity contribution is 5.43. The van der Waals surface area contributed by atoms with Gasteiger partial charge in [0.05, 0.1) is 24.0 Å². The number of aliphatic hydroxyl groups excluding tert-OH is 1. The minimum absolute atomic E-state index is 0.0659. The van der Waals surface area contributed by atoms with E-state index >= 15 is 0 Å². The summed E-state index contributed by atoms with van der Waals surface area (Å²) in [5.74, 6) is 0. The molecule has 0 saturated carbocycles. The maximum Gasteiger partial charge on any atom is 0.137 e. The van der Waals surface area contributed by atoms with Crippen LogP contribution < -0.4 is 5.73 Å². The number of hydrogen-bond acceptors (Lipinski definition) is 3. The first kappa shape index (κ1) is 9.18. The Labute approximate surface area is 82.0 Å². The lowest BCUT2D eigenvalue weighted by Gasteiger charge is -2.08. The van der Waals surface area contributed by atoms with Gasteiger partial charge in [-0.2, -0.15) is 0 Å². The second kappa shape index (κ2) is 3.40. The van der Waals surface area contributed by atoms with Gasteiger partial charge in [-0.05, 0) is 19.1 Å². The Balaban J connectivity index is 2.67. The lowest BCUT2D eigenvalue weighted by molar-refractivity contribution is 0.265. The molecular weight excluding hydrogens is 178 g/mol. The third-order valence-corrected chi connectivity index (χ3v) is 2.30. The van der Waals surface area contributed by atoms with E-state index in [2.05, 4.69) is 4.98 Å². The Hall–Kier alpha value is -1.39. The van der Waals surface area contributed by atoms with Gasteiger partial charge < -0.3 is 15.2 Å². The fourth-order valence-corrected chi connectivity index (χ4v) is 1.67. The lowest BCUT2D eigenvalue weighted by atomic mass is 10.2. The molecule has 0 radical (unpaired) electrons. The average molecular weight is 191 g/mol. The normalized spacial score (nSPS) is 13.4. The predicted octanol–water partition coefficient (Wildman–Crippen LogP) is 0.635. The summed E-state index contributed by atoms with van der Waals surface area (Å²) in [6, 6.07) is 5.39. The molecule has 2 aromatic heterocycles. The third kappa shape index (κ3) is 1.29. The van der Waals surface area contributed by atoms with Crippen molar-refractivity contribution in [3.05, 3.63) is 35.8 Å². The standard InChI is InChI=1S/C10H13N3O/c1-7-10(8(11)6-14)13-5-3-2-4-9(13)12-7/h2-5,8,14H,6,11H2,1H3. The smallest absolute Gasteiger partial charge is 0.137 e. The monoisotopic (exact) mass is 191 g/mol. The van der Waals surface area contributed by atoms with Crippen molar-refractivity contribution in [1.29, 1.82) is 0 Å². The maximum atomic E-state index is 9.02. The van der Waals surface area contributed by atoms with Crippen LogP contribution in [0.1, 0.15) is 17.4 Å². The number of fused-ring (bicyclic) bond motifs is 1. The number of hydrogen-bond donors (Lipinski definition) is 2. The first-order valence-electron chi connectivity index (χ1n) is 4.54. The molecule has 0 amide bonds. The van der Waals surface area contributed by atoms with E-state index in [1.165, 1.54) is 0 Å². The van der Waals surface area contributed by atoms with Gasteiger partial charge in [-0.3, -0.25) is 0 Å². The van der Waals surface area contributed by atoms with Crippen molar-refractivity contribution >= 4 is 5.65 Å². The number of aliphatic hydroxyl groups is 1. The molecule has 0 aliphatic heterocycles. The zero-order valence-corrected chi connectivity index (χ0v) is 8.01. The molecule has 14 heavy (non-hydrogen) atoms. The Morgan fingerprint density at radius 3 is 3.07 bits per heavy atom. The van der Waals surface area contributed by atoms with Crippen molar-refractivity contribution in [3.63, 3.8) is 0 Å². The van der Waals surface area contributed by atoms with Gasteiger partial charge in [-0.1, -0.05) is 6.07 Å². The van der Waals surface area contributed by atoms with Crippen molar-refractivity contribution < 1.29 is 5.11 Å². The van der Waals surface area contributed by atoms with Crippen molar-refractivity contribution in [2.75, 3.05) is 6.61 Å². The summed E-state index contributed by atoms with van der Waals surface area (Å²) in [5.41, 5.74) is 8.41. The molecule has 0 aromatic carbocycles. The molecule has 0 aliphatic carbocycles. The number of pyridine rings is 1. The molecule has 1 atom stereocenters. The van der Waals surface area contributed by atoms with Crippen molar-refractivity contribution in [3.8, 4) is 0 Å². The number of rotatable bonds is 2. The highest BCUT2D eigenvalue weighted by atomic mass is 16.3. The molecule has 4 heteroatoms. The summed E-state index contributed by atoms with van der Waals surface area (Å²) in [4.78, 5) is 4.35. The van der Waals surface area contributed by atoms with E-state index in [1.807, 2.05) is 35.7 Å². The summed E-state index contributed by atoms with van der Waals surface area (Å²) in [6.45, 7) is 1.83. The lowest BCUT2D eigenvalue weighted by Crippen LogP contribution is -2.17.